The number of hydrazone groups is 1. The lowest BCUT2D eigenvalue weighted by Gasteiger charge is -2.36. The molecule has 0 spiro atoms. The van der Waals surface area contributed by atoms with E-state index in [4.69, 9.17) is 19.3 Å². The first-order valence-electron chi connectivity index (χ1n) is 7.99. The van der Waals surface area contributed by atoms with Gasteiger partial charge in [-0.05, 0) is 45.2 Å². The largest absolute Gasteiger partial charge is 0.493 e. The minimum absolute atomic E-state index is 0.485. The van der Waals surface area contributed by atoms with E-state index in [0.29, 0.717) is 36.8 Å². The van der Waals surface area contributed by atoms with Crippen LogP contribution in [0.5, 0.6) is 17.2 Å². The number of hydrogen-bond acceptors (Lipinski definition) is 5. The monoisotopic (exact) mass is 304 g/mol. The molecule has 0 unspecified atom stereocenters. The number of nitrogens with zero attached hydrogens (tertiary/aromatic N) is 2. The van der Waals surface area contributed by atoms with Gasteiger partial charge < -0.3 is 14.2 Å². The molecule has 2 aliphatic heterocycles. The van der Waals surface area contributed by atoms with Crippen LogP contribution in [-0.2, 0) is 0 Å². The highest BCUT2D eigenvalue weighted by molar-refractivity contribution is 5.82. The van der Waals surface area contributed by atoms with E-state index in [2.05, 4.69) is 18.9 Å². The van der Waals surface area contributed by atoms with Gasteiger partial charge >= 0.3 is 0 Å². The maximum Gasteiger partial charge on any atom is 0.203 e. The predicted octanol–water partition coefficient (Wildman–Crippen LogP) is 3.06. The van der Waals surface area contributed by atoms with E-state index in [1.54, 1.807) is 7.11 Å². The van der Waals surface area contributed by atoms with Crippen molar-refractivity contribution in [3.63, 3.8) is 0 Å². The fourth-order valence-electron chi connectivity index (χ4n) is 3.14. The zero-order valence-electron chi connectivity index (χ0n) is 13.5. The van der Waals surface area contributed by atoms with Gasteiger partial charge in [0.05, 0.1) is 13.3 Å². The van der Waals surface area contributed by atoms with Gasteiger partial charge in [-0.15, -0.1) is 0 Å². The lowest BCUT2D eigenvalue weighted by atomic mass is 10.00. The third-order valence-corrected chi connectivity index (χ3v) is 4.34. The predicted molar refractivity (Wildman–Crippen MR) is 86.2 cm³/mol. The summed E-state index contributed by atoms with van der Waals surface area (Å²) in [6.07, 6.45) is 5.57. The van der Waals surface area contributed by atoms with Crippen LogP contribution >= 0.6 is 0 Å². The first-order valence-corrected chi connectivity index (χ1v) is 7.99. The van der Waals surface area contributed by atoms with E-state index < -0.39 is 0 Å². The summed E-state index contributed by atoms with van der Waals surface area (Å²) < 4.78 is 16.7. The van der Waals surface area contributed by atoms with Gasteiger partial charge in [-0.1, -0.05) is 0 Å². The molecule has 0 radical (unpaired) electrons. The zero-order valence-corrected chi connectivity index (χ0v) is 13.5. The second-order valence-corrected chi connectivity index (χ2v) is 6.00. The summed E-state index contributed by atoms with van der Waals surface area (Å²) in [5.41, 5.74) is 0.964. The van der Waals surface area contributed by atoms with E-state index in [0.717, 1.165) is 11.3 Å². The summed E-state index contributed by atoms with van der Waals surface area (Å²) in [5, 5.41) is 6.90. The van der Waals surface area contributed by atoms with E-state index in [-0.39, 0.29) is 0 Å². The van der Waals surface area contributed by atoms with Crippen LogP contribution in [0.15, 0.2) is 17.2 Å². The molecule has 0 amide bonds. The highest BCUT2D eigenvalue weighted by Gasteiger charge is 2.23. The molecule has 120 valence electrons. The summed E-state index contributed by atoms with van der Waals surface area (Å²) >= 11 is 0. The van der Waals surface area contributed by atoms with Crippen LogP contribution in [0.2, 0.25) is 0 Å². The normalized spacial score (nSPS) is 24.6. The van der Waals surface area contributed by atoms with Crippen molar-refractivity contribution in [2.45, 2.75) is 45.2 Å². The molecule has 5 heteroatoms. The first kappa shape index (κ1) is 15.0. The molecular weight excluding hydrogens is 280 g/mol. The van der Waals surface area contributed by atoms with Gasteiger partial charge in [0.1, 0.15) is 13.2 Å². The second kappa shape index (κ2) is 6.46. The summed E-state index contributed by atoms with van der Waals surface area (Å²) in [4.78, 5) is 0. The van der Waals surface area contributed by atoms with Gasteiger partial charge in [-0.2, -0.15) is 5.10 Å². The van der Waals surface area contributed by atoms with Crippen molar-refractivity contribution in [1.29, 1.82) is 0 Å². The lowest BCUT2D eigenvalue weighted by molar-refractivity contribution is 0.109. The molecule has 0 bridgehead atoms. The zero-order chi connectivity index (χ0) is 15.5. The van der Waals surface area contributed by atoms with Crippen molar-refractivity contribution in [1.82, 2.24) is 5.01 Å². The molecule has 1 fully saturated rings. The molecule has 1 saturated heterocycles. The van der Waals surface area contributed by atoms with Crippen LogP contribution in [-0.4, -0.2) is 43.6 Å². The highest BCUT2D eigenvalue weighted by atomic mass is 16.6. The van der Waals surface area contributed by atoms with Gasteiger partial charge in [0.15, 0.2) is 11.5 Å². The van der Waals surface area contributed by atoms with Gasteiger partial charge in [-0.25, -0.2) is 0 Å². The van der Waals surface area contributed by atoms with Crippen molar-refractivity contribution in [2.75, 3.05) is 20.3 Å². The van der Waals surface area contributed by atoms with Crippen LogP contribution in [0.4, 0.5) is 0 Å². The average molecular weight is 304 g/mol. The minimum atomic E-state index is 0.485. The lowest BCUT2D eigenvalue weighted by Crippen LogP contribution is -2.39. The maximum absolute atomic E-state index is 5.66. The molecule has 0 aliphatic carbocycles. The van der Waals surface area contributed by atoms with Crippen LogP contribution in [0.3, 0.4) is 0 Å². The number of piperidine rings is 1. The summed E-state index contributed by atoms with van der Waals surface area (Å²) in [6, 6.07) is 4.87. The Hall–Kier alpha value is -1.91. The van der Waals surface area contributed by atoms with Gasteiger partial charge in [0.25, 0.3) is 0 Å². The molecular formula is C17H24N2O3. The Kier molecular flexibility index (Phi) is 4.41. The topological polar surface area (TPSA) is 43.3 Å². The van der Waals surface area contributed by atoms with Crippen molar-refractivity contribution < 1.29 is 14.2 Å². The fraction of sp³-hybridized carbons (Fsp3) is 0.588. The smallest absolute Gasteiger partial charge is 0.203 e. The van der Waals surface area contributed by atoms with Crippen LogP contribution in [0.1, 0.15) is 38.7 Å². The third-order valence-electron chi connectivity index (χ3n) is 4.34. The van der Waals surface area contributed by atoms with Crippen LogP contribution in [0.25, 0.3) is 0 Å². The minimum Gasteiger partial charge on any atom is -0.493 e. The first-order chi connectivity index (χ1) is 10.7. The Labute approximate surface area is 131 Å². The molecule has 22 heavy (non-hydrogen) atoms. The molecule has 1 aromatic rings. The number of methoxy groups -OCH3 is 1. The van der Waals surface area contributed by atoms with E-state index >= 15 is 0 Å². The molecule has 1 aromatic carbocycles. The van der Waals surface area contributed by atoms with Gasteiger partial charge in [0.2, 0.25) is 5.75 Å². The van der Waals surface area contributed by atoms with Crippen LogP contribution in [0, 0.1) is 0 Å². The standard InChI is InChI=1S/C17H24N2O3/c1-12-5-4-6-13(2)19(12)18-11-14-9-15(20-3)17-16(10-14)21-7-8-22-17/h9-13H,4-8H2,1-3H3/b18-11-/t12-,13-/m1/s1. The molecule has 3 rings (SSSR count). The molecule has 2 atom stereocenters. The van der Waals surface area contributed by atoms with E-state index in [1.165, 1.54) is 19.3 Å². The molecule has 0 N–H and O–H groups in total. The van der Waals surface area contributed by atoms with Crippen molar-refractivity contribution in [3.8, 4) is 17.2 Å². The average Bonchev–Trinajstić information content (AvgIpc) is 2.53. The SMILES string of the molecule is COc1cc(/C=N\N2[C@H](C)CCC[C@H]2C)cc2c1OCCO2. The Morgan fingerprint density at radius 1 is 1.18 bits per heavy atom. The Balaban J connectivity index is 1.84. The van der Waals surface area contributed by atoms with Gasteiger partial charge in [0, 0.05) is 17.6 Å². The Morgan fingerprint density at radius 2 is 1.91 bits per heavy atom. The number of fused-ring (bicyclic) bond motifs is 1. The highest BCUT2D eigenvalue weighted by Crippen LogP contribution is 2.40. The summed E-state index contributed by atoms with van der Waals surface area (Å²) in [7, 11) is 1.64. The number of ether oxygens (including phenoxy) is 3. The van der Waals surface area contributed by atoms with E-state index in [1.807, 2.05) is 18.3 Å². The van der Waals surface area contributed by atoms with Crippen LogP contribution < -0.4 is 14.2 Å². The molecule has 2 heterocycles. The molecule has 0 aromatic heterocycles. The third kappa shape index (κ3) is 2.98. The van der Waals surface area contributed by atoms with Crippen molar-refractivity contribution in [3.05, 3.63) is 17.7 Å². The maximum atomic E-state index is 5.66. The molecule has 5 nitrogen and oxygen atoms in total. The van der Waals surface area contributed by atoms with Crippen molar-refractivity contribution in [2.24, 2.45) is 5.10 Å². The second-order valence-electron chi connectivity index (χ2n) is 6.00. The number of benzene rings is 1. The number of hydrogen-bond donors (Lipinski definition) is 0. The summed E-state index contributed by atoms with van der Waals surface area (Å²) in [6.45, 7) is 5.59. The fourth-order valence-corrected chi connectivity index (χ4v) is 3.14. The van der Waals surface area contributed by atoms with Gasteiger partial charge in [-0.3, -0.25) is 5.01 Å². The van der Waals surface area contributed by atoms with Crippen molar-refractivity contribution >= 4 is 6.21 Å². The summed E-state index contributed by atoms with van der Waals surface area (Å²) in [5.74, 6) is 2.11. The quantitative estimate of drug-likeness (QED) is 0.805. The molecule has 2 aliphatic rings. The number of rotatable bonds is 3. The Bertz CT molecular complexity index is 532. The Morgan fingerprint density at radius 3 is 2.64 bits per heavy atom. The van der Waals surface area contributed by atoms with E-state index in [9.17, 15) is 0 Å². The molecule has 0 saturated carbocycles.